The van der Waals surface area contributed by atoms with Gasteiger partial charge in [0, 0.05) is 24.2 Å². The van der Waals surface area contributed by atoms with Crippen LogP contribution in [0.1, 0.15) is 48.9 Å². The Morgan fingerprint density at radius 1 is 1.19 bits per heavy atom. The van der Waals surface area contributed by atoms with Gasteiger partial charge in [-0.25, -0.2) is 4.79 Å². The fraction of sp³-hybridized carbons (Fsp3) is 0.562. The van der Waals surface area contributed by atoms with E-state index in [0.29, 0.717) is 23.5 Å². The van der Waals surface area contributed by atoms with Crippen LogP contribution in [0, 0.1) is 0 Å². The maximum Gasteiger partial charge on any atom is 0.338 e. The molecule has 21 heavy (non-hydrogen) atoms. The maximum atomic E-state index is 12.2. The van der Waals surface area contributed by atoms with Crippen molar-refractivity contribution >= 4 is 17.3 Å². The molecule has 1 aliphatic heterocycles. The van der Waals surface area contributed by atoms with Crippen LogP contribution in [-0.4, -0.2) is 24.3 Å². The molecule has 1 atom stereocenters. The first kappa shape index (κ1) is 14.2. The van der Waals surface area contributed by atoms with Gasteiger partial charge in [-0.05, 0) is 31.0 Å². The fourth-order valence-corrected chi connectivity index (χ4v) is 3.47. The third-order valence-electron chi connectivity index (χ3n) is 4.45. The van der Waals surface area contributed by atoms with Gasteiger partial charge in [0.1, 0.15) is 6.10 Å². The maximum absolute atomic E-state index is 12.2. The molecule has 1 saturated carbocycles. The summed E-state index contributed by atoms with van der Waals surface area (Å²) in [7, 11) is 0. The zero-order valence-corrected chi connectivity index (χ0v) is 12.1. The standard InChI is InChI=1S/C16H22N2O3/c17-12-7-11(8-13(18)9-12)15(19)21-14-3-6-20-16(10-14)4-1-2-5-16/h7-9,14H,1-6,10,17-18H2. The molecule has 1 spiro atoms. The minimum Gasteiger partial charge on any atom is -0.459 e. The highest BCUT2D eigenvalue weighted by Gasteiger charge is 2.41. The van der Waals surface area contributed by atoms with Gasteiger partial charge in [0.25, 0.3) is 0 Å². The number of carbonyl (C=O) groups excluding carboxylic acids is 1. The van der Waals surface area contributed by atoms with E-state index in [4.69, 9.17) is 20.9 Å². The number of esters is 1. The highest BCUT2D eigenvalue weighted by atomic mass is 16.6. The number of hydrogen-bond acceptors (Lipinski definition) is 5. The number of rotatable bonds is 2. The predicted molar refractivity (Wildman–Crippen MR) is 80.9 cm³/mol. The number of anilines is 2. The average Bonchev–Trinajstić information content (AvgIpc) is 2.85. The number of hydrogen-bond donors (Lipinski definition) is 2. The van der Waals surface area contributed by atoms with Gasteiger partial charge in [-0.2, -0.15) is 0 Å². The van der Waals surface area contributed by atoms with Gasteiger partial charge in [0.05, 0.1) is 17.8 Å². The van der Waals surface area contributed by atoms with Crippen LogP contribution in [0.15, 0.2) is 18.2 Å². The molecule has 3 rings (SSSR count). The largest absolute Gasteiger partial charge is 0.459 e. The van der Waals surface area contributed by atoms with Crippen molar-refractivity contribution in [3.8, 4) is 0 Å². The Hall–Kier alpha value is -1.75. The lowest BCUT2D eigenvalue weighted by Gasteiger charge is -2.37. The predicted octanol–water partition coefficient (Wildman–Crippen LogP) is 2.50. The summed E-state index contributed by atoms with van der Waals surface area (Å²) < 4.78 is 11.6. The molecule has 1 aliphatic carbocycles. The lowest BCUT2D eigenvalue weighted by molar-refractivity contribution is -0.117. The Bertz CT molecular complexity index is 518. The Morgan fingerprint density at radius 3 is 2.52 bits per heavy atom. The molecular weight excluding hydrogens is 268 g/mol. The molecule has 0 bridgehead atoms. The van der Waals surface area contributed by atoms with Crippen LogP contribution >= 0.6 is 0 Å². The van der Waals surface area contributed by atoms with E-state index < -0.39 is 0 Å². The molecule has 0 aromatic heterocycles. The van der Waals surface area contributed by atoms with Crippen molar-refractivity contribution in [3.05, 3.63) is 23.8 Å². The van der Waals surface area contributed by atoms with Crippen LogP contribution < -0.4 is 11.5 Å². The quantitative estimate of drug-likeness (QED) is 0.645. The molecule has 0 amide bonds. The lowest BCUT2D eigenvalue weighted by atomic mass is 9.90. The van der Waals surface area contributed by atoms with E-state index >= 15 is 0 Å². The number of nitrogens with two attached hydrogens (primary N) is 2. The summed E-state index contributed by atoms with van der Waals surface area (Å²) in [5.41, 5.74) is 12.7. The number of benzene rings is 1. The third-order valence-corrected chi connectivity index (χ3v) is 4.45. The van der Waals surface area contributed by atoms with Crippen LogP contribution in [0.3, 0.4) is 0 Å². The molecule has 1 heterocycles. The Balaban J connectivity index is 1.66. The Labute approximate surface area is 124 Å². The van der Waals surface area contributed by atoms with Crippen molar-refractivity contribution in [3.63, 3.8) is 0 Å². The van der Waals surface area contributed by atoms with Gasteiger partial charge in [0.2, 0.25) is 0 Å². The van der Waals surface area contributed by atoms with Gasteiger partial charge in [-0.3, -0.25) is 0 Å². The van der Waals surface area contributed by atoms with Crippen molar-refractivity contribution in [2.75, 3.05) is 18.1 Å². The normalized spacial score (nSPS) is 24.1. The van der Waals surface area contributed by atoms with Crippen LogP contribution in [0.25, 0.3) is 0 Å². The molecule has 5 heteroatoms. The molecule has 2 fully saturated rings. The molecular formula is C16H22N2O3. The third kappa shape index (κ3) is 3.13. The molecule has 114 valence electrons. The first-order valence-corrected chi connectivity index (χ1v) is 7.57. The number of carbonyl (C=O) groups is 1. The van der Waals surface area contributed by atoms with Gasteiger partial charge < -0.3 is 20.9 Å². The number of ether oxygens (including phenoxy) is 2. The minimum atomic E-state index is -0.353. The first-order valence-electron chi connectivity index (χ1n) is 7.57. The molecule has 1 saturated heterocycles. The fourth-order valence-electron chi connectivity index (χ4n) is 3.47. The van der Waals surface area contributed by atoms with E-state index in [0.717, 1.165) is 25.7 Å². The summed E-state index contributed by atoms with van der Waals surface area (Å²) in [6, 6.07) is 4.82. The highest BCUT2D eigenvalue weighted by molar-refractivity contribution is 5.91. The van der Waals surface area contributed by atoms with E-state index in [1.54, 1.807) is 18.2 Å². The van der Waals surface area contributed by atoms with E-state index in [1.807, 2.05) is 0 Å². The summed E-state index contributed by atoms with van der Waals surface area (Å²) >= 11 is 0. The lowest BCUT2D eigenvalue weighted by Crippen LogP contribution is -2.41. The highest BCUT2D eigenvalue weighted by Crippen LogP contribution is 2.40. The van der Waals surface area contributed by atoms with E-state index in [9.17, 15) is 4.79 Å². The van der Waals surface area contributed by atoms with Crippen molar-refractivity contribution < 1.29 is 14.3 Å². The zero-order valence-electron chi connectivity index (χ0n) is 12.1. The summed E-state index contributed by atoms with van der Waals surface area (Å²) in [6.45, 7) is 0.664. The SMILES string of the molecule is Nc1cc(N)cc(C(=O)OC2CCOC3(CCCC3)C2)c1. The Morgan fingerprint density at radius 2 is 1.86 bits per heavy atom. The second-order valence-corrected chi connectivity index (χ2v) is 6.15. The summed E-state index contributed by atoms with van der Waals surface area (Å²) in [6.07, 6.45) is 6.03. The van der Waals surface area contributed by atoms with Gasteiger partial charge in [0.15, 0.2) is 0 Å². The van der Waals surface area contributed by atoms with Crippen LogP contribution in [0.5, 0.6) is 0 Å². The molecule has 1 unspecified atom stereocenters. The smallest absolute Gasteiger partial charge is 0.338 e. The molecule has 0 radical (unpaired) electrons. The zero-order chi connectivity index (χ0) is 14.9. The van der Waals surface area contributed by atoms with Gasteiger partial charge in [-0.15, -0.1) is 0 Å². The monoisotopic (exact) mass is 290 g/mol. The first-order chi connectivity index (χ1) is 10.1. The topological polar surface area (TPSA) is 87.6 Å². The molecule has 4 N–H and O–H groups in total. The molecule has 1 aromatic carbocycles. The van der Waals surface area contributed by atoms with Crippen molar-refractivity contribution in [2.24, 2.45) is 0 Å². The molecule has 5 nitrogen and oxygen atoms in total. The minimum absolute atomic E-state index is 0.0576. The van der Waals surface area contributed by atoms with Gasteiger partial charge >= 0.3 is 5.97 Å². The molecule has 1 aromatic rings. The van der Waals surface area contributed by atoms with Gasteiger partial charge in [-0.1, -0.05) is 12.8 Å². The number of nitrogen functional groups attached to an aromatic ring is 2. The Kier molecular flexibility index (Phi) is 3.76. The van der Waals surface area contributed by atoms with Crippen LogP contribution in [-0.2, 0) is 9.47 Å². The van der Waals surface area contributed by atoms with E-state index in [2.05, 4.69) is 0 Å². The van der Waals surface area contributed by atoms with Crippen LogP contribution in [0.4, 0.5) is 11.4 Å². The van der Waals surface area contributed by atoms with Crippen molar-refractivity contribution in [2.45, 2.75) is 50.2 Å². The summed E-state index contributed by atoms with van der Waals surface area (Å²) in [5, 5.41) is 0. The van der Waals surface area contributed by atoms with E-state index in [1.165, 1.54) is 12.8 Å². The summed E-state index contributed by atoms with van der Waals surface area (Å²) in [5.74, 6) is -0.353. The molecule has 2 aliphatic rings. The van der Waals surface area contributed by atoms with Crippen molar-refractivity contribution in [1.29, 1.82) is 0 Å². The second-order valence-electron chi connectivity index (χ2n) is 6.15. The summed E-state index contributed by atoms with van der Waals surface area (Å²) in [4.78, 5) is 12.2. The second kappa shape index (κ2) is 5.56. The van der Waals surface area contributed by atoms with E-state index in [-0.39, 0.29) is 17.7 Å². The van der Waals surface area contributed by atoms with Crippen LogP contribution in [0.2, 0.25) is 0 Å². The average molecular weight is 290 g/mol. The van der Waals surface area contributed by atoms with Crippen molar-refractivity contribution in [1.82, 2.24) is 0 Å².